The number of hydrogen-bond donors (Lipinski definition) is 1. The fraction of sp³-hybridized carbons (Fsp3) is 0.538. The highest BCUT2D eigenvalue weighted by atomic mass is 79.9. The first-order valence-corrected chi connectivity index (χ1v) is 6.62. The van der Waals surface area contributed by atoms with Crippen LogP contribution in [-0.4, -0.2) is 6.04 Å². The molecule has 3 rings (SSSR count). The summed E-state index contributed by atoms with van der Waals surface area (Å²) in [5.41, 5.74) is 1.27. The fourth-order valence-corrected chi connectivity index (χ4v) is 3.45. The zero-order chi connectivity index (χ0) is 10.3. The first-order valence-electron chi connectivity index (χ1n) is 5.83. The largest absolute Gasteiger partial charge is 0.382 e. The van der Waals surface area contributed by atoms with Gasteiger partial charge in [0.2, 0.25) is 0 Å². The summed E-state index contributed by atoms with van der Waals surface area (Å²) in [6.07, 6.45) is 5.77. The predicted octanol–water partition coefficient (Wildman–Crippen LogP) is 4.05. The number of benzene rings is 1. The molecule has 2 saturated carbocycles. The van der Waals surface area contributed by atoms with Gasteiger partial charge in [-0.2, -0.15) is 0 Å². The highest BCUT2D eigenvalue weighted by molar-refractivity contribution is 9.10. The average Bonchev–Trinajstić information content (AvgIpc) is 2.83. The van der Waals surface area contributed by atoms with Gasteiger partial charge in [-0.05, 0) is 55.4 Å². The summed E-state index contributed by atoms with van der Waals surface area (Å²) in [6.45, 7) is 0. The lowest BCUT2D eigenvalue weighted by Crippen LogP contribution is -2.25. The van der Waals surface area contributed by atoms with E-state index in [1.807, 2.05) is 0 Å². The molecule has 0 unspecified atom stereocenters. The summed E-state index contributed by atoms with van der Waals surface area (Å²) < 4.78 is 1.15. The van der Waals surface area contributed by atoms with Gasteiger partial charge in [0.05, 0.1) is 0 Å². The Bertz CT molecular complexity index is 346. The lowest BCUT2D eigenvalue weighted by molar-refractivity contribution is 0.440. The van der Waals surface area contributed by atoms with E-state index in [0.29, 0.717) is 0 Å². The van der Waals surface area contributed by atoms with E-state index in [4.69, 9.17) is 0 Å². The van der Waals surface area contributed by atoms with Gasteiger partial charge < -0.3 is 5.32 Å². The Morgan fingerprint density at radius 2 is 1.87 bits per heavy atom. The molecule has 1 aromatic carbocycles. The summed E-state index contributed by atoms with van der Waals surface area (Å²) in [4.78, 5) is 0. The molecule has 0 radical (unpaired) electrons. The molecule has 15 heavy (non-hydrogen) atoms. The van der Waals surface area contributed by atoms with E-state index in [2.05, 4.69) is 45.5 Å². The molecule has 2 bridgehead atoms. The molecule has 1 nitrogen and oxygen atoms in total. The molecule has 2 aliphatic rings. The Morgan fingerprint density at radius 1 is 1.07 bits per heavy atom. The van der Waals surface area contributed by atoms with Crippen molar-refractivity contribution >= 4 is 21.6 Å². The van der Waals surface area contributed by atoms with Crippen molar-refractivity contribution < 1.29 is 0 Å². The Kier molecular flexibility index (Phi) is 2.47. The quantitative estimate of drug-likeness (QED) is 0.851. The van der Waals surface area contributed by atoms with Crippen LogP contribution >= 0.6 is 15.9 Å². The van der Waals surface area contributed by atoms with Crippen molar-refractivity contribution in [3.8, 4) is 0 Å². The van der Waals surface area contributed by atoms with Gasteiger partial charge in [-0.3, -0.25) is 0 Å². The summed E-state index contributed by atoms with van der Waals surface area (Å²) in [7, 11) is 0. The van der Waals surface area contributed by atoms with E-state index >= 15 is 0 Å². The minimum absolute atomic E-state index is 0.741. The van der Waals surface area contributed by atoms with Gasteiger partial charge in [-0.15, -0.1) is 0 Å². The molecule has 2 aliphatic carbocycles. The maximum absolute atomic E-state index is 3.68. The maximum atomic E-state index is 3.68. The second-order valence-electron chi connectivity index (χ2n) is 4.93. The summed E-state index contributed by atoms with van der Waals surface area (Å²) in [5, 5.41) is 3.68. The molecule has 0 aromatic heterocycles. The smallest absolute Gasteiger partial charge is 0.0343 e. The maximum Gasteiger partial charge on any atom is 0.0343 e. The highest BCUT2D eigenvalue weighted by Crippen LogP contribution is 2.45. The van der Waals surface area contributed by atoms with E-state index in [9.17, 15) is 0 Å². The fourth-order valence-electron chi connectivity index (χ4n) is 3.18. The molecule has 0 amide bonds. The summed E-state index contributed by atoms with van der Waals surface area (Å²) in [5.74, 6) is 1.96. The third-order valence-electron chi connectivity index (χ3n) is 3.93. The van der Waals surface area contributed by atoms with E-state index < -0.39 is 0 Å². The van der Waals surface area contributed by atoms with E-state index in [-0.39, 0.29) is 0 Å². The Balaban J connectivity index is 1.68. The summed E-state index contributed by atoms with van der Waals surface area (Å²) >= 11 is 3.46. The van der Waals surface area contributed by atoms with Crippen molar-refractivity contribution in [2.45, 2.75) is 31.7 Å². The highest BCUT2D eigenvalue weighted by Gasteiger charge is 2.39. The monoisotopic (exact) mass is 265 g/mol. The van der Waals surface area contributed by atoms with Crippen LogP contribution in [0, 0.1) is 11.8 Å². The number of fused-ring (bicyclic) bond motifs is 2. The van der Waals surface area contributed by atoms with Crippen molar-refractivity contribution in [1.29, 1.82) is 0 Å². The molecular formula is C13H16BrN. The van der Waals surface area contributed by atoms with Gasteiger partial charge in [-0.1, -0.05) is 22.4 Å². The van der Waals surface area contributed by atoms with Crippen LogP contribution in [0.1, 0.15) is 25.7 Å². The zero-order valence-corrected chi connectivity index (χ0v) is 10.3. The molecule has 0 saturated heterocycles. The van der Waals surface area contributed by atoms with Gasteiger partial charge in [0.25, 0.3) is 0 Å². The number of hydrogen-bond acceptors (Lipinski definition) is 1. The van der Waals surface area contributed by atoms with Crippen molar-refractivity contribution in [3.63, 3.8) is 0 Å². The first kappa shape index (κ1) is 9.71. The van der Waals surface area contributed by atoms with E-state index in [0.717, 1.165) is 22.4 Å². The molecule has 1 aromatic rings. The van der Waals surface area contributed by atoms with Gasteiger partial charge in [0.1, 0.15) is 0 Å². The third-order valence-corrected chi connectivity index (χ3v) is 4.46. The number of halogens is 1. The molecule has 0 heterocycles. The van der Waals surface area contributed by atoms with Crippen LogP contribution in [0.25, 0.3) is 0 Å². The third kappa shape index (κ3) is 1.92. The van der Waals surface area contributed by atoms with Crippen LogP contribution in [0.15, 0.2) is 28.7 Å². The topological polar surface area (TPSA) is 12.0 Å². The van der Waals surface area contributed by atoms with Gasteiger partial charge >= 0.3 is 0 Å². The van der Waals surface area contributed by atoms with Crippen molar-refractivity contribution in [2.75, 3.05) is 5.32 Å². The van der Waals surface area contributed by atoms with Gasteiger partial charge in [0.15, 0.2) is 0 Å². The number of anilines is 1. The van der Waals surface area contributed by atoms with E-state index in [1.54, 1.807) is 0 Å². The molecule has 2 fully saturated rings. The van der Waals surface area contributed by atoms with Gasteiger partial charge in [-0.25, -0.2) is 0 Å². The molecule has 0 spiro atoms. The van der Waals surface area contributed by atoms with Crippen molar-refractivity contribution in [3.05, 3.63) is 28.7 Å². The predicted molar refractivity (Wildman–Crippen MR) is 67.0 cm³/mol. The van der Waals surface area contributed by atoms with Crippen molar-refractivity contribution in [1.82, 2.24) is 0 Å². The summed E-state index contributed by atoms with van der Waals surface area (Å²) in [6, 6.07) is 9.28. The molecule has 80 valence electrons. The Morgan fingerprint density at radius 3 is 2.47 bits per heavy atom. The molecule has 3 atom stereocenters. The lowest BCUT2D eigenvalue weighted by Gasteiger charge is -2.24. The number of nitrogens with one attached hydrogen (secondary N) is 1. The van der Waals surface area contributed by atoms with Crippen LogP contribution < -0.4 is 5.32 Å². The standard InChI is InChI=1S/C13H16BrN/c14-11-3-5-12(6-4-11)15-13-8-9-1-2-10(13)7-9/h3-6,9-10,13,15H,1-2,7-8H2/t9-,10+,13+/m1/s1. The second kappa shape index (κ2) is 3.82. The molecule has 0 aliphatic heterocycles. The van der Waals surface area contributed by atoms with Crippen LogP contribution in [0.2, 0.25) is 0 Å². The SMILES string of the molecule is Brc1ccc(N[C@H]2C[C@@H]3CC[C@H]2C3)cc1. The van der Waals surface area contributed by atoms with Crippen LogP contribution in [0.3, 0.4) is 0 Å². The van der Waals surface area contributed by atoms with Crippen LogP contribution in [0.4, 0.5) is 5.69 Å². The zero-order valence-electron chi connectivity index (χ0n) is 8.75. The Hall–Kier alpha value is -0.500. The first-order chi connectivity index (χ1) is 7.31. The van der Waals surface area contributed by atoms with E-state index in [1.165, 1.54) is 31.4 Å². The van der Waals surface area contributed by atoms with Gasteiger partial charge in [0, 0.05) is 16.2 Å². The average molecular weight is 266 g/mol. The Labute approximate surface area is 99.4 Å². The van der Waals surface area contributed by atoms with Crippen LogP contribution in [-0.2, 0) is 0 Å². The van der Waals surface area contributed by atoms with Crippen LogP contribution in [0.5, 0.6) is 0 Å². The molecular weight excluding hydrogens is 250 g/mol. The van der Waals surface area contributed by atoms with Crippen molar-refractivity contribution in [2.24, 2.45) is 11.8 Å². The molecule has 2 heteroatoms. The lowest BCUT2D eigenvalue weighted by atomic mass is 9.95. The minimum atomic E-state index is 0.741. The second-order valence-corrected chi connectivity index (χ2v) is 5.85. The minimum Gasteiger partial charge on any atom is -0.382 e. The normalized spacial score (nSPS) is 33.3. The number of rotatable bonds is 2. The molecule has 1 N–H and O–H groups in total.